The molecule has 8 nitrogen and oxygen atoms in total. The van der Waals surface area contributed by atoms with Gasteiger partial charge in [-0.05, 0) is 12.1 Å². The van der Waals surface area contributed by atoms with Gasteiger partial charge in [-0.15, -0.1) is 0 Å². The third kappa shape index (κ3) is 2.19. The average Bonchev–Trinajstić information content (AvgIpc) is 3.16. The summed E-state index contributed by atoms with van der Waals surface area (Å²) in [6.07, 6.45) is 2.95. The average molecular weight is 290 g/mol. The minimum atomic E-state index is -0.545. The first kappa shape index (κ1) is 13.4. The van der Waals surface area contributed by atoms with E-state index in [0.717, 1.165) is 0 Å². The molecule has 1 aliphatic heterocycles. The number of nitrogens with zero attached hydrogens (tertiary/aromatic N) is 3. The van der Waals surface area contributed by atoms with Gasteiger partial charge in [0.2, 0.25) is 5.95 Å². The lowest BCUT2D eigenvalue weighted by Crippen LogP contribution is -2.31. The van der Waals surface area contributed by atoms with Crippen LogP contribution in [0.1, 0.15) is 11.8 Å². The molecular formula is C13H14N4O4. The van der Waals surface area contributed by atoms with E-state index in [2.05, 4.69) is 15.4 Å². The van der Waals surface area contributed by atoms with Gasteiger partial charge in [-0.2, -0.15) is 10.1 Å². The van der Waals surface area contributed by atoms with Gasteiger partial charge in [-0.3, -0.25) is 0 Å². The van der Waals surface area contributed by atoms with Crippen molar-refractivity contribution in [3.8, 4) is 0 Å². The largest absolute Gasteiger partial charge is 0.467 e. The summed E-state index contributed by atoms with van der Waals surface area (Å²) in [5, 5.41) is 7.19. The van der Waals surface area contributed by atoms with Crippen molar-refractivity contribution in [1.29, 1.82) is 0 Å². The number of anilines is 1. The van der Waals surface area contributed by atoms with Crippen LogP contribution in [-0.2, 0) is 14.3 Å². The van der Waals surface area contributed by atoms with Crippen molar-refractivity contribution in [1.82, 2.24) is 14.8 Å². The van der Waals surface area contributed by atoms with Crippen molar-refractivity contribution in [2.24, 2.45) is 0 Å². The monoisotopic (exact) mass is 290 g/mol. The number of carbonyl (C=O) groups excluding carboxylic acids is 1. The number of hydrogen-bond acceptors (Lipinski definition) is 7. The topological polar surface area (TPSA) is 91.4 Å². The van der Waals surface area contributed by atoms with E-state index in [-0.39, 0.29) is 6.61 Å². The molecule has 8 heteroatoms. The van der Waals surface area contributed by atoms with E-state index < -0.39 is 12.0 Å². The van der Waals surface area contributed by atoms with Gasteiger partial charge in [0, 0.05) is 7.11 Å². The van der Waals surface area contributed by atoms with Crippen LogP contribution >= 0.6 is 0 Å². The molecule has 0 aliphatic carbocycles. The van der Waals surface area contributed by atoms with E-state index in [1.165, 1.54) is 13.4 Å². The Labute approximate surface area is 120 Å². The van der Waals surface area contributed by atoms with E-state index in [1.54, 1.807) is 30.2 Å². The molecule has 0 radical (unpaired) electrons. The minimum Gasteiger partial charge on any atom is -0.467 e. The fraction of sp³-hybridized carbons (Fsp3) is 0.308. The van der Waals surface area contributed by atoms with Crippen molar-refractivity contribution in [3.63, 3.8) is 0 Å². The van der Waals surface area contributed by atoms with Crippen LogP contribution in [0.2, 0.25) is 0 Å². The van der Waals surface area contributed by atoms with Crippen LogP contribution in [0.4, 0.5) is 5.95 Å². The number of carbonyl (C=O) groups is 1. The summed E-state index contributed by atoms with van der Waals surface area (Å²) in [7, 11) is 2.88. The molecule has 21 heavy (non-hydrogen) atoms. The molecule has 0 spiro atoms. The van der Waals surface area contributed by atoms with Crippen molar-refractivity contribution < 1.29 is 18.7 Å². The summed E-state index contributed by atoms with van der Waals surface area (Å²) in [6.45, 7) is 0.217. The zero-order valence-corrected chi connectivity index (χ0v) is 11.6. The number of fused-ring (bicyclic) bond motifs is 1. The summed E-state index contributed by atoms with van der Waals surface area (Å²) in [4.78, 5) is 16.3. The number of nitrogens with one attached hydrogen (secondary N) is 1. The van der Waals surface area contributed by atoms with Crippen LogP contribution < -0.4 is 5.32 Å². The maximum atomic E-state index is 12.2. The molecule has 0 saturated heterocycles. The number of esters is 1. The van der Waals surface area contributed by atoms with E-state index in [0.29, 0.717) is 23.0 Å². The van der Waals surface area contributed by atoms with Crippen molar-refractivity contribution in [2.45, 2.75) is 6.04 Å². The highest BCUT2D eigenvalue weighted by Gasteiger charge is 2.36. The van der Waals surface area contributed by atoms with Gasteiger partial charge in [-0.1, -0.05) is 0 Å². The van der Waals surface area contributed by atoms with Crippen LogP contribution in [0, 0.1) is 0 Å². The molecule has 2 aromatic heterocycles. The highest BCUT2D eigenvalue weighted by molar-refractivity contribution is 5.92. The first-order valence-electron chi connectivity index (χ1n) is 6.26. The van der Waals surface area contributed by atoms with Crippen molar-refractivity contribution in [3.05, 3.63) is 41.8 Å². The SMILES string of the molecule is COCC1=C(C(=O)OC)[C@@H](c2ccco2)n2ncnc2N1. The number of furan rings is 1. The molecule has 1 N–H and O–H groups in total. The normalized spacial score (nSPS) is 17.3. The highest BCUT2D eigenvalue weighted by atomic mass is 16.5. The van der Waals surface area contributed by atoms with Crippen LogP contribution in [0.5, 0.6) is 0 Å². The highest BCUT2D eigenvalue weighted by Crippen LogP contribution is 2.35. The van der Waals surface area contributed by atoms with Crippen LogP contribution in [0.3, 0.4) is 0 Å². The molecule has 3 heterocycles. The summed E-state index contributed by atoms with van der Waals surface area (Å²) < 4.78 is 17.1. The standard InChI is InChI=1S/C13H14N4O4/c1-19-6-8-10(12(18)20-2)11(9-4-3-5-21-9)17-13(16-8)14-7-15-17/h3-5,7,11H,6H2,1-2H3,(H,14,15,16)/t11-/m1/s1. The van der Waals surface area contributed by atoms with Crippen LogP contribution in [0.25, 0.3) is 0 Å². The summed E-state index contributed by atoms with van der Waals surface area (Å²) in [5.74, 6) is 0.602. The molecule has 0 amide bonds. The molecule has 0 bridgehead atoms. The Hall–Kier alpha value is -2.61. The van der Waals surface area contributed by atoms with Crippen molar-refractivity contribution in [2.75, 3.05) is 26.1 Å². The van der Waals surface area contributed by atoms with E-state index >= 15 is 0 Å². The molecule has 1 aliphatic rings. The third-order valence-electron chi connectivity index (χ3n) is 3.19. The molecule has 110 valence electrons. The zero-order chi connectivity index (χ0) is 14.8. The molecule has 0 aromatic carbocycles. The van der Waals surface area contributed by atoms with Gasteiger partial charge >= 0.3 is 5.97 Å². The Balaban J connectivity index is 2.17. The van der Waals surface area contributed by atoms with Crippen LogP contribution in [0.15, 0.2) is 40.4 Å². The number of aromatic nitrogens is 3. The second-order valence-electron chi connectivity index (χ2n) is 4.39. The predicted octanol–water partition coefficient (Wildman–Crippen LogP) is 0.960. The second-order valence-corrected chi connectivity index (χ2v) is 4.39. The molecule has 0 unspecified atom stereocenters. The molecular weight excluding hydrogens is 276 g/mol. The maximum absolute atomic E-state index is 12.2. The fourth-order valence-corrected chi connectivity index (χ4v) is 2.33. The first-order valence-corrected chi connectivity index (χ1v) is 6.26. The van der Waals surface area contributed by atoms with Gasteiger partial charge in [0.1, 0.15) is 18.1 Å². The molecule has 0 saturated carbocycles. The Kier molecular flexibility index (Phi) is 3.44. The summed E-state index contributed by atoms with van der Waals surface area (Å²) >= 11 is 0. The second kappa shape index (κ2) is 5.41. The fourth-order valence-electron chi connectivity index (χ4n) is 2.33. The Morgan fingerprint density at radius 1 is 1.52 bits per heavy atom. The molecule has 3 rings (SSSR count). The lowest BCUT2D eigenvalue weighted by Gasteiger charge is -2.27. The predicted molar refractivity (Wildman–Crippen MR) is 71.4 cm³/mol. The Morgan fingerprint density at radius 2 is 2.38 bits per heavy atom. The van der Waals surface area contributed by atoms with Crippen LogP contribution in [-0.4, -0.2) is 41.6 Å². The lowest BCUT2D eigenvalue weighted by molar-refractivity contribution is -0.136. The number of methoxy groups -OCH3 is 2. The lowest BCUT2D eigenvalue weighted by atomic mass is 10.0. The van der Waals surface area contributed by atoms with E-state index in [4.69, 9.17) is 13.9 Å². The van der Waals surface area contributed by atoms with Gasteiger partial charge in [0.15, 0.2) is 0 Å². The maximum Gasteiger partial charge on any atom is 0.338 e. The molecule has 0 fully saturated rings. The first-order chi connectivity index (χ1) is 10.3. The molecule has 2 aromatic rings. The smallest absolute Gasteiger partial charge is 0.338 e. The Morgan fingerprint density at radius 3 is 3.05 bits per heavy atom. The van der Waals surface area contributed by atoms with E-state index in [9.17, 15) is 4.79 Å². The molecule has 1 atom stereocenters. The third-order valence-corrected chi connectivity index (χ3v) is 3.19. The van der Waals surface area contributed by atoms with Gasteiger partial charge in [0.25, 0.3) is 0 Å². The summed E-state index contributed by atoms with van der Waals surface area (Å²) in [6, 6.07) is 2.98. The van der Waals surface area contributed by atoms with Gasteiger partial charge in [-0.25, -0.2) is 9.48 Å². The Bertz CT molecular complexity index is 674. The zero-order valence-electron chi connectivity index (χ0n) is 11.6. The quantitative estimate of drug-likeness (QED) is 0.838. The summed E-state index contributed by atoms with van der Waals surface area (Å²) in [5.41, 5.74) is 0.957. The number of hydrogen-bond donors (Lipinski definition) is 1. The minimum absolute atomic E-state index is 0.217. The number of ether oxygens (including phenoxy) is 2. The van der Waals surface area contributed by atoms with Gasteiger partial charge < -0.3 is 19.2 Å². The van der Waals surface area contributed by atoms with E-state index in [1.807, 2.05) is 0 Å². The van der Waals surface area contributed by atoms with Crippen molar-refractivity contribution >= 4 is 11.9 Å². The number of rotatable bonds is 4. The van der Waals surface area contributed by atoms with Gasteiger partial charge in [0.05, 0.1) is 31.2 Å².